The Morgan fingerprint density at radius 3 is 2.73 bits per heavy atom. The molecular formula is C8H11IO2. The zero-order valence-corrected chi connectivity index (χ0v) is 8.68. The van der Waals surface area contributed by atoms with Crippen molar-refractivity contribution in [2.24, 2.45) is 0 Å². The smallest absolute Gasteiger partial charge is 0.305 e. The second-order valence-electron chi connectivity index (χ2n) is 2.01. The largest absolute Gasteiger partial charge is 0.469 e. The lowest BCUT2D eigenvalue weighted by atomic mass is 10.2. The fourth-order valence-corrected chi connectivity index (χ4v) is 0.960. The predicted molar refractivity (Wildman–Crippen MR) is 52.5 cm³/mol. The molecule has 0 aliphatic carbocycles. The molecule has 0 fully saturated rings. The molecular weight excluding hydrogens is 255 g/mol. The summed E-state index contributed by atoms with van der Waals surface area (Å²) in [5.74, 6) is -0.154. The number of halogens is 1. The maximum Gasteiger partial charge on any atom is 0.305 e. The molecule has 0 spiro atoms. The van der Waals surface area contributed by atoms with Crippen molar-refractivity contribution in [3.05, 3.63) is 15.9 Å². The lowest BCUT2D eigenvalue weighted by Crippen LogP contribution is -1.98. The Bertz CT molecular complexity index is 181. The van der Waals surface area contributed by atoms with Crippen molar-refractivity contribution in [1.82, 2.24) is 0 Å². The molecule has 0 heterocycles. The maximum absolute atomic E-state index is 10.6. The van der Waals surface area contributed by atoms with Gasteiger partial charge in [-0.1, -0.05) is 6.58 Å². The molecule has 0 radical (unpaired) electrons. The van der Waals surface area contributed by atoms with E-state index in [0.29, 0.717) is 6.42 Å². The van der Waals surface area contributed by atoms with Gasteiger partial charge in [-0.25, -0.2) is 0 Å². The Balaban J connectivity index is 3.42. The van der Waals surface area contributed by atoms with Gasteiger partial charge >= 0.3 is 5.97 Å². The molecule has 0 bridgehead atoms. The van der Waals surface area contributed by atoms with Gasteiger partial charge in [0.05, 0.1) is 7.11 Å². The lowest BCUT2D eigenvalue weighted by Gasteiger charge is -1.96. The van der Waals surface area contributed by atoms with Crippen molar-refractivity contribution in [3.63, 3.8) is 0 Å². The van der Waals surface area contributed by atoms with E-state index >= 15 is 0 Å². The molecule has 3 heteroatoms. The average molecular weight is 266 g/mol. The first-order chi connectivity index (χ1) is 5.20. The van der Waals surface area contributed by atoms with E-state index in [0.717, 1.165) is 16.4 Å². The monoisotopic (exact) mass is 266 g/mol. The number of esters is 1. The Labute approximate surface area is 80.5 Å². The number of methoxy groups -OCH3 is 1. The SMILES string of the molecule is C=C=C(I)CCCC(=O)OC. The molecule has 0 N–H and O–H groups in total. The van der Waals surface area contributed by atoms with E-state index in [-0.39, 0.29) is 5.97 Å². The zero-order chi connectivity index (χ0) is 8.69. The van der Waals surface area contributed by atoms with Gasteiger partial charge in [0.2, 0.25) is 0 Å². The van der Waals surface area contributed by atoms with Gasteiger partial charge in [0.15, 0.2) is 0 Å². The molecule has 11 heavy (non-hydrogen) atoms. The fourth-order valence-electron chi connectivity index (χ4n) is 0.578. The summed E-state index contributed by atoms with van der Waals surface area (Å²) in [6.07, 6.45) is 2.15. The van der Waals surface area contributed by atoms with Crippen LogP contribution in [0.1, 0.15) is 19.3 Å². The van der Waals surface area contributed by atoms with Crippen LogP contribution in [0.25, 0.3) is 0 Å². The Morgan fingerprint density at radius 2 is 2.27 bits per heavy atom. The van der Waals surface area contributed by atoms with E-state index in [1.54, 1.807) is 0 Å². The summed E-state index contributed by atoms with van der Waals surface area (Å²) in [7, 11) is 1.40. The number of rotatable bonds is 4. The van der Waals surface area contributed by atoms with E-state index in [1.165, 1.54) is 7.11 Å². The number of hydrogen-bond donors (Lipinski definition) is 0. The summed E-state index contributed by atoms with van der Waals surface area (Å²) in [6.45, 7) is 3.49. The number of hydrogen-bond acceptors (Lipinski definition) is 2. The average Bonchev–Trinajstić information content (AvgIpc) is 2.04. The summed E-state index contributed by atoms with van der Waals surface area (Å²) in [5, 5.41) is 0. The third kappa shape index (κ3) is 6.13. The van der Waals surface area contributed by atoms with Gasteiger partial charge in [-0.15, -0.1) is 5.73 Å². The highest BCUT2D eigenvalue weighted by atomic mass is 127. The van der Waals surface area contributed by atoms with Crippen LogP contribution in [-0.4, -0.2) is 13.1 Å². The zero-order valence-electron chi connectivity index (χ0n) is 6.52. The van der Waals surface area contributed by atoms with Crippen molar-refractivity contribution < 1.29 is 9.53 Å². The lowest BCUT2D eigenvalue weighted by molar-refractivity contribution is -0.140. The van der Waals surface area contributed by atoms with Crippen LogP contribution in [0.2, 0.25) is 0 Å². The topological polar surface area (TPSA) is 26.3 Å². The summed E-state index contributed by atoms with van der Waals surface area (Å²) >= 11 is 2.16. The molecule has 0 aromatic rings. The standard InChI is InChI=1S/C8H11IO2/c1-3-7(9)5-4-6-8(10)11-2/h1,4-6H2,2H3. The molecule has 0 aromatic carbocycles. The van der Waals surface area contributed by atoms with Gasteiger partial charge in [0.25, 0.3) is 0 Å². The highest BCUT2D eigenvalue weighted by Crippen LogP contribution is 2.12. The molecule has 0 saturated heterocycles. The van der Waals surface area contributed by atoms with E-state index in [4.69, 9.17) is 0 Å². The Morgan fingerprint density at radius 1 is 1.64 bits per heavy atom. The summed E-state index contributed by atoms with van der Waals surface area (Å²) < 4.78 is 5.54. The van der Waals surface area contributed by atoms with Gasteiger partial charge in [-0.05, 0) is 35.4 Å². The molecule has 0 rings (SSSR count). The number of allylic oxidation sites excluding steroid dienone is 1. The minimum absolute atomic E-state index is 0.154. The molecule has 2 nitrogen and oxygen atoms in total. The predicted octanol–water partition coefficient (Wildman–Crippen LogP) is 2.43. The van der Waals surface area contributed by atoms with E-state index in [2.05, 4.69) is 39.6 Å². The van der Waals surface area contributed by atoms with Crippen molar-refractivity contribution in [3.8, 4) is 0 Å². The van der Waals surface area contributed by atoms with Crippen LogP contribution in [-0.2, 0) is 9.53 Å². The van der Waals surface area contributed by atoms with Crippen LogP contribution in [0.3, 0.4) is 0 Å². The summed E-state index contributed by atoms with van der Waals surface area (Å²) in [4.78, 5) is 10.6. The third-order valence-corrected chi connectivity index (χ3v) is 2.12. The van der Waals surface area contributed by atoms with Gasteiger partial charge in [0.1, 0.15) is 0 Å². The van der Waals surface area contributed by atoms with Gasteiger partial charge in [-0.2, -0.15) is 0 Å². The van der Waals surface area contributed by atoms with Crippen molar-refractivity contribution in [2.45, 2.75) is 19.3 Å². The first-order valence-electron chi connectivity index (χ1n) is 3.32. The van der Waals surface area contributed by atoms with Crippen molar-refractivity contribution in [1.29, 1.82) is 0 Å². The number of carbonyl (C=O) groups excluding carboxylic acids is 1. The minimum atomic E-state index is -0.154. The molecule has 62 valence electrons. The van der Waals surface area contributed by atoms with Crippen molar-refractivity contribution in [2.75, 3.05) is 7.11 Å². The van der Waals surface area contributed by atoms with E-state index < -0.39 is 0 Å². The number of ether oxygens (including phenoxy) is 1. The summed E-state index contributed by atoms with van der Waals surface area (Å²) in [5.41, 5.74) is 2.76. The van der Waals surface area contributed by atoms with Crippen molar-refractivity contribution >= 4 is 28.6 Å². The first kappa shape index (κ1) is 10.7. The molecule has 0 aliphatic rings. The Kier molecular flexibility index (Phi) is 6.27. The molecule has 0 unspecified atom stereocenters. The Hall–Kier alpha value is -0.280. The van der Waals surface area contributed by atoms with Crippen LogP contribution < -0.4 is 0 Å². The van der Waals surface area contributed by atoms with Gasteiger partial charge in [-0.3, -0.25) is 4.79 Å². The van der Waals surface area contributed by atoms with E-state index in [9.17, 15) is 4.79 Å². The fraction of sp³-hybridized carbons (Fsp3) is 0.500. The second kappa shape index (κ2) is 6.43. The van der Waals surface area contributed by atoms with Crippen LogP contribution >= 0.6 is 22.6 Å². The highest BCUT2D eigenvalue weighted by molar-refractivity contribution is 14.1. The highest BCUT2D eigenvalue weighted by Gasteiger charge is 1.99. The van der Waals surface area contributed by atoms with Crippen LogP contribution in [0.4, 0.5) is 0 Å². The van der Waals surface area contributed by atoms with Gasteiger partial charge < -0.3 is 4.74 Å². The molecule has 0 saturated carbocycles. The minimum Gasteiger partial charge on any atom is -0.469 e. The quantitative estimate of drug-likeness (QED) is 0.444. The number of carbonyl (C=O) groups is 1. The summed E-state index contributed by atoms with van der Waals surface area (Å²) in [6, 6.07) is 0. The molecule has 0 atom stereocenters. The van der Waals surface area contributed by atoms with Crippen LogP contribution in [0, 0.1) is 0 Å². The van der Waals surface area contributed by atoms with E-state index in [1.807, 2.05) is 0 Å². The normalized spacial score (nSPS) is 8.55. The first-order valence-corrected chi connectivity index (χ1v) is 4.39. The maximum atomic E-state index is 10.6. The third-order valence-electron chi connectivity index (χ3n) is 1.20. The van der Waals surface area contributed by atoms with Crippen LogP contribution in [0.5, 0.6) is 0 Å². The molecule has 0 aromatic heterocycles. The molecule has 0 aliphatic heterocycles. The molecule has 0 amide bonds. The van der Waals surface area contributed by atoms with Crippen LogP contribution in [0.15, 0.2) is 15.9 Å². The second-order valence-corrected chi connectivity index (χ2v) is 3.31. The van der Waals surface area contributed by atoms with Gasteiger partial charge in [0, 0.05) is 10.0 Å².